The Morgan fingerprint density at radius 3 is 2.71 bits per heavy atom. The number of aryl methyl sites for hydroxylation is 2. The van der Waals surface area contributed by atoms with Crippen molar-refractivity contribution in [2.45, 2.75) is 50.2 Å². The Labute approximate surface area is 209 Å². The fourth-order valence-corrected chi connectivity index (χ4v) is 4.75. The third-order valence-electron chi connectivity index (χ3n) is 5.82. The van der Waals surface area contributed by atoms with Gasteiger partial charge in [-0.3, -0.25) is 4.72 Å². The van der Waals surface area contributed by atoms with Gasteiger partial charge in [0.05, 0.1) is 17.4 Å². The molecule has 0 aliphatic carbocycles. The number of benzene rings is 2. The number of ether oxygens (including phenoxy) is 2. The minimum absolute atomic E-state index is 0.166. The number of aromatic carboxylic acids is 1. The average Bonchev–Trinajstić information content (AvgIpc) is 3.34. The first-order chi connectivity index (χ1) is 16.9. The Balaban J connectivity index is 1.55. The SMILES string of the molecule is Cc1cccc(C)c1-c1cc(OCC(N)CC2CCCO2)nc(NSc2cccc(C(=O)O)c2)n1. The number of carbonyl (C=O) groups is 1. The van der Waals surface area contributed by atoms with Crippen molar-refractivity contribution >= 4 is 23.9 Å². The first kappa shape index (κ1) is 25.0. The van der Waals surface area contributed by atoms with Crippen LogP contribution in [-0.4, -0.2) is 46.4 Å². The molecule has 2 unspecified atom stereocenters. The summed E-state index contributed by atoms with van der Waals surface area (Å²) in [5.41, 5.74) is 10.5. The standard InChI is InChI=1S/C26H30N4O4S/c1-16-6-3-7-17(2)24(16)22-14-23(34-15-19(27)13-20-9-5-11-33-20)29-26(28-22)30-35-21-10-4-8-18(12-21)25(31)32/h3-4,6-8,10,12,14,19-20H,5,9,11,13,15,27H2,1-2H3,(H,31,32)(H,28,29,30). The molecule has 3 aromatic rings. The molecule has 0 saturated carbocycles. The Bertz CT molecular complexity index is 1160. The summed E-state index contributed by atoms with van der Waals surface area (Å²) in [6.45, 7) is 5.20. The van der Waals surface area contributed by atoms with Crippen molar-refractivity contribution in [1.82, 2.24) is 9.97 Å². The van der Waals surface area contributed by atoms with Crippen LogP contribution in [0, 0.1) is 13.8 Å². The van der Waals surface area contributed by atoms with Gasteiger partial charge in [0, 0.05) is 29.2 Å². The normalized spacial score (nSPS) is 16.1. The molecule has 2 aromatic carbocycles. The molecule has 2 atom stereocenters. The molecule has 1 aliphatic rings. The predicted octanol–water partition coefficient (Wildman–Crippen LogP) is 4.85. The molecule has 2 heterocycles. The molecule has 184 valence electrons. The number of hydrogen-bond donors (Lipinski definition) is 3. The number of rotatable bonds is 10. The quantitative estimate of drug-likeness (QED) is 0.340. The van der Waals surface area contributed by atoms with Crippen LogP contribution in [0.15, 0.2) is 53.4 Å². The maximum Gasteiger partial charge on any atom is 0.335 e. The lowest BCUT2D eigenvalue weighted by atomic mass is 10.00. The molecule has 4 N–H and O–H groups in total. The van der Waals surface area contributed by atoms with Gasteiger partial charge in [-0.1, -0.05) is 24.3 Å². The van der Waals surface area contributed by atoms with Crippen molar-refractivity contribution < 1.29 is 19.4 Å². The molecule has 1 aliphatic heterocycles. The number of nitrogens with one attached hydrogen (secondary N) is 1. The summed E-state index contributed by atoms with van der Waals surface area (Å²) in [5, 5.41) is 9.25. The van der Waals surface area contributed by atoms with E-state index >= 15 is 0 Å². The summed E-state index contributed by atoms with van der Waals surface area (Å²) >= 11 is 1.24. The fraction of sp³-hybridized carbons (Fsp3) is 0.346. The molecule has 35 heavy (non-hydrogen) atoms. The van der Waals surface area contributed by atoms with Gasteiger partial charge in [0.25, 0.3) is 0 Å². The van der Waals surface area contributed by atoms with Crippen LogP contribution in [-0.2, 0) is 4.74 Å². The number of carboxylic acid groups (broad SMARTS) is 1. The van der Waals surface area contributed by atoms with Gasteiger partial charge >= 0.3 is 5.97 Å². The Kier molecular flexibility index (Phi) is 8.22. The predicted molar refractivity (Wildman–Crippen MR) is 137 cm³/mol. The van der Waals surface area contributed by atoms with Gasteiger partial charge < -0.3 is 20.3 Å². The van der Waals surface area contributed by atoms with Crippen LogP contribution >= 0.6 is 11.9 Å². The van der Waals surface area contributed by atoms with E-state index < -0.39 is 5.97 Å². The number of hydrogen-bond acceptors (Lipinski definition) is 8. The first-order valence-electron chi connectivity index (χ1n) is 11.6. The van der Waals surface area contributed by atoms with Gasteiger partial charge in [-0.2, -0.15) is 4.98 Å². The van der Waals surface area contributed by atoms with Crippen LogP contribution in [0.2, 0.25) is 0 Å². The van der Waals surface area contributed by atoms with E-state index in [9.17, 15) is 9.90 Å². The Morgan fingerprint density at radius 2 is 2.00 bits per heavy atom. The summed E-state index contributed by atoms with van der Waals surface area (Å²) < 4.78 is 14.8. The second-order valence-electron chi connectivity index (χ2n) is 8.66. The highest BCUT2D eigenvalue weighted by molar-refractivity contribution is 8.00. The van der Waals surface area contributed by atoms with E-state index in [4.69, 9.17) is 20.2 Å². The zero-order chi connectivity index (χ0) is 24.8. The number of aromatic nitrogens is 2. The average molecular weight is 495 g/mol. The lowest BCUT2D eigenvalue weighted by Gasteiger charge is -2.17. The minimum Gasteiger partial charge on any atom is -0.478 e. The van der Waals surface area contributed by atoms with Gasteiger partial charge in [-0.25, -0.2) is 9.78 Å². The van der Waals surface area contributed by atoms with Crippen LogP contribution in [0.25, 0.3) is 11.3 Å². The monoisotopic (exact) mass is 494 g/mol. The van der Waals surface area contributed by atoms with Crippen LogP contribution in [0.3, 0.4) is 0 Å². The molecule has 1 saturated heterocycles. The third kappa shape index (κ3) is 6.72. The summed E-state index contributed by atoms with van der Waals surface area (Å²) in [4.78, 5) is 21.3. The zero-order valence-corrected chi connectivity index (χ0v) is 20.7. The molecule has 9 heteroatoms. The van der Waals surface area contributed by atoms with Crippen LogP contribution in [0.4, 0.5) is 5.95 Å². The largest absolute Gasteiger partial charge is 0.478 e. The maximum atomic E-state index is 11.3. The molecule has 1 aromatic heterocycles. The summed E-state index contributed by atoms with van der Waals surface area (Å²) in [5.74, 6) is -0.197. The maximum absolute atomic E-state index is 11.3. The number of anilines is 1. The van der Waals surface area contributed by atoms with Gasteiger partial charge in [0.1, 0.15) is 6.61 Å². The van der Waals surface area contributed by atoms with E-state index in [1.165, 1.54) is 11.9 Å². The highest BCUT2D eigenvalue weighted by Gasteiger charge is 2.20. The van der Waals surface area contributed by atoms with E-state index in [2.05, 4.69) is 9.71 Å². The number of nitrogens with two attached hydrogens (primary N) is 1. The highest BCUT2D eigenvalue weighted by atomic mass is 32.2. The fourth-order valence-electron chi connectivity index (χ4n) is 4.12. The summed E-state index contributed by atoms with van der Waals surface area (Å²) in [6, 6.07) is 14.4. The Morgan fingerprint density at radius 1 is 1.23 bits per heavy atom. The van der Waals surface area contributed by atoms with Crippen LogP contribution in [0.1, 0.15) is 40.7 Å². The van der Waals surface area contributed by atoms with Crippen molar-refractivity contribution in [2.75, 3.05) is 17.9 Å². The van der Waals surface area contributed by atoms with Crippen molar-refractivity contribution in [1.29, 1.82) is 0 Å². The molecule has 0 radical (unpaired) electrons. The molecular weight excluding hydrogens is 464 g/mol. The second kappa shape index (κ2) is 11.5. The first-order valence-corrected chi connectivity index (χ1v) is 12.4. The van der Waals surface area contributed by atoms with Gasteiger partial charge in [-0.15, -0.1) is 0 Å². The van der Waals surface area contributed by atoms with Crippen molar-refractivity contribution in [3.05, 3.63) is 65.2 Å². The molecule has 0 amide bonds. The van der Waals surface area contributed by atoms with Gasteiger partial charge in [0.15, 0.2) is 0 Å². The van der Waals surface area contributed by atoms with E-state index in [-0.39, 0.29) is 17.7 Å². The van der Waals surface area contributed by atoms with Gasteiger partial charge in [0.2, 0.25) is 11.8 Å². The van der Waals surface area contributed by atoms with Crippen molar-refractivity contribution in [3.63, 3.8) is 0 Å². The van der Waals surface area contributed by atoms with Crippen LogP contribution in [0.5, 0.6) is 5.88 Å². The topological polar surface area (TPSA) is 120 Å². The van der Waals surface area contributed by atoms with E-state index in [0.29, 0.717) is 18.4 Å². The lowest BCUT2D eigenvalue weighted by molar-refractivity contribution is 0.0696. The zero-order valence-electron chi connectivity index (χ0n) is 19.9. The van der Waals surface area contributed by atoms with E-state index in [1.54, 1.807) is 18.2 Å². The second-order valence-corrected chi connectivity index (χ2v) is 9.54. The van der Waals surface area contributed by atoms with Crippen LogP contribution < -0.4 is 15.2 Å². The van der Waals surface area contributed by atoms with Crippen molar-refractivity contribution in [3.8, 4) is 17.1 Å². The lowest BCUT2D eigenvalue weighted by Crippen LogP contribution is -2.32. The molecule has 1 fully saturated rings. The molecule has 8 nitrogen and oxygen atoms in total. The molecule has 4 rings (SSSR count). The number of nitrogens with zero attached hydrogens (tertiary/aromatic N) is 2. The smallest absolute Gasteiger partial charge is 0.335 e. The minimum atomic E-state index is -0.976. The highest BCUT2D eigenvalue weighted by Crippen LogP contribution is 2.30. The Hall–Kier alpha value is -3.14. The number of carboxylic acids is 1. The third-order valence-corrected chi connectivity index (χ3v) is 6.59. The summed E-state index contributed by atoms with van der Waals surface area (Å²) in [6.07, 6.45) is 3.05. The van der Waals surface area contributed by atoms with Gasteiger partial charge in [-0.05, 0) is 74.4 Å². The van der Waals surface area contributed by atoms with E-state index in [0.717, 1.165) is 53.1 Å². The molecule has 0 bridgehead atoms. The van der Waals surface area contributed by atoms with Crippen molar-refractivity contribution in [2.24, 2.45) is 5.73 Å². The van der Waals surface area contributed by atoms with E-state index in [1.807, 2.05) is 44.2 Å². The summed E-state index contributed by atoms with van der Waals surface area (Å²) in [7, 11) is 0. The molecule has 0 spiro atoms. The molecular formula is C26H30N4O4S.